The lowest BCUT2D eigenvalue weighted by Gasteiger charge is -2.18. The molecule has 0 unspecified atom stereocenters. The zero-order valence-electron chi connectivity index (χ0n) is 13.1. The highest BCUT2D eigenvalue weighted by molar-refractivity contribution is 9.10. The predicted octanol–water partition coefficient (Wildman–Crippen LogP) is 2.82. The molecular formula is C15H24BrN3O2. The molecule has 1 heterocycles. The van der Waals surface area contributed by atoms with Gasteiger partial charge in [0, 0.05) is 42.8 Å². The summed E-state index contributed by atoms with van der Waals surface area (Å²) >= 11 is 3.39. The van der Waals surface area contributed by atoms with Gasteiger partial charge in [-0.25, -0.2) is 0 Å². The van der Waals surface area contributed by atoms with Crippen molar-refractivity contribution in [1.82, 2.24) is 14.8 Å². The lowest BCUT2D eigenvalue weighted by atomic mass is 10.3. The van der Waals surface area contributed by atoms with Crippen LogP contribution in [0.3, 0.4) is 0 Å². The lowest BCUT2D eigenvalue weighted by molar-refractivity contribution is -0.130. The van der Waals surface area contributed by atoms with E-state index in [0.29, 0.717) is 31.7 Å². The van der Waals surface area contributed by atoms with Crippen molar-refractivity contribution in [3.8, 4) is 0 Å². The first-order valence-electron chi connectivity index (χ1n) is 7.34. The van der Waals surface area contributed by atoms with Crippen LogP contribution in [0.4, 0.5) is 0 Å². The van der Waals surface area contributed by atoms with Crippen LogP contribution in [0, 0.1) is 0 Å². The van der Waals surface area contributed by atoms with E-state index in [-0.39, 0.29) is 17.9 Å². The summed E-state index contributed by atoms with van der Waals surface area (Å²) in [5, 5.41) is 2.81. The summed E-state index contributed by atoms with van der Waals surface area (Å²) in [4.78, 5) is 25.8. The van der Waals surface area contributed by atoms with Crippen LogP contribution in [-0.4, -0.2) is 40.9 Å². The van der Waals surface area contributed by atoms with E-state index in [4.69, 9.17) is 0 Å². The smallest absolute Gasteiger partial charge is 0.267 e. The summed E-state index contributed by atoms with van der Waals surface area (Å²) in [6, 6.07) is 2.00. The predicted molar refractivity (Wildman–Crippen MR) is 87.4 cm³/mol. The van der Waals surface area contributed by atoms with E-state index in [1.54, 1.807) is 11.0 Å². The normalized spacial score (nSPS) is 10.8. The number of rotatable bonds is 7. The van der Waals surface area contributed by atoms with Crippen LogP contribution in [0.25, 0.3) is 0 Å². The van der Waals surface area contributed by atoms with E-state index in [0.717, 1.165) is 4.47 Å². The average Bonchev–Trinajstić information content (AvgIpc) is 2.82. The van der Waals surface area contributed by atoms with Crippen molar-refractivity contribution in [3.05, 3.63) is 22.4 Å². The third-order valence-electron chi connectivity index (χ3n) is 3.34. The van der Waals surface area contributed by atoms with Crippen molar-refractivity contribution in [1.29, 1.82) is 0 Å². The Morgan fingerprint density at radius 3 is 2.48 bits per heavy atom. The Morgan fingerprint density at radius 2 is 1.95 bits per heavy atom. The van der Waals surface area contributed by atoms with E-state index in [1.165, 1.54) is 0 Å². The summed E-state index contributed by atoms with van der Waals surface area (Å²) in [6.45, 7) is 9.70. The van der Waals surface area contributed by atoms with Crippen LogP contribution >= 0.6 is 15.9 Å². The number of hydrogen-bond acceptors (Lipinski definition) is 2. The molecular weight excluding hydrogens is 334 g/mol. The lowest BCUT2D eigenvalue weighted by Crippen LogP contribution is -2.34. The van der Waals surface area contributed by atoms with E-state index in [2.05, 4.69) is 21.2 Å². The second kappa shape index (κ2) is 8.22. The molecule has 2 amide bonds. The first-order chi connectivity index (χ1) is 9.90. The highest BCUT2D eigenvalue weighted by atomic mass is 79.9. The first-order valence-corrected chi connectivity index (χ1v) is 8.13. The van der Waals surface area contributed by atoms with Crippen LogP contribution in [0.2, 0.25) is 0 Å². The Balaban J connectivity index is 2.57. The Bertz CT molecular complexity index is 493. The summed E-state index contributed by atoms with van der Waals surface area (Å²) in [5.41, 5.74) is 0.604. The third kappa shape index (κ3) is 4.88. The molecule has 0 bridgehead atoms. The molecule has 1 rings (SSSR count). The first kappa shape index (κ1) is 17.8. The summed E-state index contributed by atoms with van der Waals surface area (Å²) in [7, 11) is 0. The fourth-order valence-electron chi connectivity index (χ4n) is 2.16. The van der Waals surface area contributed by atoms with Gasteiger partial charge in [-0.2, -0.15) is 0 Å². The molecule has 0 aliphatic carbocycles. The maximum absolute atomic E-state index is 12.2. The van der Waals surface area contributed by atoms with Gasteiger partial charge in [0.15, 0.2) is 0 Å². The molecule has 0 saturated carbocycles. The molecule has 118 valence electrons. The van der Waals surface area contributed by atoms with Crippen molar-refractivity contribution in [2.75, 3.05) is 19.6 Å². The molecule has 0 fully saturated rings. The van der Waals surface area contributed by atoms with Gasteiger partial charge >= 0.3 is 0 Å². The highest BCUT2D eigenvalue weighted by Gasteiger charge is 2.15. The SMILES string of the molecule is CCN(CC)C(=O)CCNC(=O)c1cc(Br)cn1C(C)C. The number of carbonyl (C=O) groups excluding carboxylic acids is 2. The molecule has 0 saturated heterocycles. The largest absolute Gasteiger partial charge is 0.350 e. The summed E-state index contributed by atoms with van der Waals surface area (Å²) in [5.74, 6) is -0.0810. The molecule has 1 aromatic heterocycles. The molecule has 1 N–H and O–H groups in total. The van der Waals surface area contributed by atoms with Gasteiger partial charge in [-0.1, -0.05) is 0 Å². The van der Waals surface area contributed by atoms with Gasteiger partial charge in [-0.3, -0.25) is 9.59 Å². The van der Waals surface area contributed by atoms with Gasteiger partial charge < -0.3 is 14.8 Å². The van der Waals surface area contributed by atoms with Gasteiger partial charge in [-0.15, -0.1) is 0 Å². The summed E-state index contributed by atoms with van der Waals surface area (Å²) < 4.78 is 2.78. The number of nitrogens with zero attached hydrogens (tertiary/aromatic N) is 2. The Kier molecular flexibility index (Phi) is 6.95. The zero-order valence-corrected chi connectivity index (χ0v) is 14.7. The average molecular weight is 358 g/mol. The fraction of sp³-hybridized carbons (Fsp3) is 0.600. The standard InChI is InChI=1S/C15H24BrN3O2/c1-5-18(6-2)14(20)7-8-17-15(21)13-9-12(16)10-19(13)11(3)4/h9-11H,5-8H2,1-4H3,(H,17,21). The van der Waals surface area contributed by atoms with Gasteiger partial charge in [0.25, 0.3) is 5.91 Å². The van der Waals surface area contributed by atoms with Gasteiger partial charge in [0.05, 0.1) is 0 Å². The van der Waals surface area contributed by atoms with Crippen LogP contribution in [-0.2, 0) is 4.79 Å². The number of carbonyl (C=O) groups is 2. The fourth-order valence-corrected chi connectivity index (χ4v) is 2.60. The van der Waals surface area contributed by atoms with E-state index >= 15 is 0 Å². The molecule has 0 spiro atoms. The second-order valence-corrected chi connectivity index (χ2v) is 6.03. The Labute approximate surface area is 134 Å². The van der Waals surface area contributed by atoms with Gasteiger partial charge in [0.1, 0.15) is 5.69 Å². The minimum atomic E-state index is -0.151. The number of hydrogen-bond donors (Lipinski definition) is 1. The molecule has 1 aromatic rings. The van der Waals surface area contributed by atoms with Gasteiger partial charge in [0.2, 0.25) is 5.91 Å². The van der Waals surface area contributed by atoms with Gasteiger partial charge in [-0.05, 0) is 49.7 Å². The molecule has 0 aliphatic heterocycles. The summed E-state index contributed by atoms with van der Waals surface area (Å²) in [6.07, 6.45) is 2.22. The topological polar surface area (TPSA) is 54.3 Å². The number of aromatic nitrogens is 1. The van der Waals surface area contributed by atoms with E-state index in [9.17, 15) is 9.59 Å². The molecule has 0 aromatic carbocycles. The van der Waals surface area contributed by atoms with Crippen molar-refractivity contribution >= 4 is 27.7 Å². The molecule has 5 nitrogen and oxygen atoms in total. The number of halogens is 1. The van der Waals surface area contributed by atoms with Crippen molar-refractivity contribution < 1.29 is 9.59 Å². The Morgan fingerprint density at radius 1 is 1.33 bits per heavy atom. The van der Waals surface area contributed by atoms with Crippen LogP contribution in [0.5, 0.6) is 0 Å². The van der Waals surface area contributed by atoms with E-state index < -0.39 is 0 Å². The molecule has 0 atom stereocenters. The van der Waals surface area contributed by atoms with Crippen LogP contribution < -0.4 is 5.32 Å². The van der Waals surface area contributed by atoms with Crippen molar-refractivity contribution in [2.45, 2.75) is 40.2 Å². The number of nitrogens with one attached hydrogen (secondary N) is 1. The second-order valence-electron chi connectivity index (χ2n) is 5.12. The van der Waals surface area contributed by atoms with E-state index in [1.807, 2.05) is 38.5 Å². The highest BCUT2D eigenvalue weighted by Crippen LogP contribution is 2.19. The van der Waals surface area contributed by atoms with Crippen LogP contribution in [0.15, 0.2) is 16.7 Å². The number of amides is 2. The van der Waals surface area contributed by atoms with Crippen molar-refractivity contribution in [2.24, 2.45) is 0 Å². The zero-order chi connectivity index (χ0) is 16.0. The van der Waals surface area contributed by atoms with Crippen LogP contribution in [0.1, 0.15) is 50.6 Å². The third-order valence-corrected chi connectivity index (χ3v) is 3.78. The minimum Gasteiger partial charge on any atom is -0.350 e. The molecule has 0 radical (unpaired) electrons. The molecule has 0 aliphatic rings. The van der Waals surface area contributed by atoms with Crippen molar-refractivity contribution in [3.63, 3.8) is 0 Å². The quantitative estimate of drug-likeness (QED) is 0.815. The Hall–Kier alpha value is -1.30. The maximum atomic E-state index is 12.2. The molecule has 6 heteroatoms. The maximum Gasteiger partial charge on any atom is 0.267 e. The minimum absolute atomic E-state index is 0.0701. The monoisotopic (exact) mass is 357 g/mol. The molecule has 21 heavy (non-hydrogen) atoms.